The van der Waals surface area contributed by atoms with Gasteiger partial charge in [-0.25, -0.2) is 9.67 Å². The van der Waals surface area contributed by atoms with Crippen LogP contribution >= 0.6 is 0 Å². The lowest BCUT2D eigenvalue weighted by Crippen LogP contribution is -2.22. The van der Waals surface area contributed by atoms with Crippen LogP contribution in [0.2, 0.25) is 0 Å². The van der Waals surface area contributed by atoms with E-state index in [-0.39, 0.29) is 0 Å². The van der Waals surface area contributed by atoms with Gasteiger partial charge in [0.05, 0.1) is 19.2 Å². The maximum atomic E-state index is 4.98. The summed E-state index contributed by atoms with van der Waals surface area (Å²) in [6.45, 7) is 6.67. The summed E-state index contributed by atoms with van der Waals surface area (Å²) >= 11 is 0. The first-order valence-electron chi connectivity index (χ1n) is 5.91. The van der Waals surface area contributed by atoms with Crippen LogP contribution in [0.15, 0.2) is 6.33 Å². The number of rotatable bonds is 8. The van der Waals surface area contributed by atoms with E-state index in [1.165, 1.54) is 0 Å². The predicted molar refractivity (Wildman–Crippen MR) is 63.2 cm³/mol. The van der Waals surface area contributed by atoms with E-state index < -0.39 is 0 Å². The van der Waals surface area contributed by atoms with Crippen LogP contribution < -0.4 is 5.32 Å². The highest BCUT2D eigenvalue weighted by atomic mass is 16.5. The van der Waals surface area contributed by atoms with E-state index in [2.05, 4.69) is 29.2 Å². The largest absolute Gasteiger partial charge is 0.383 e. The maximum Gasteiger partial charge on any atom is 0.141 e. The van der Waals surface area contributed by atoms with Crippen molar-refractivity contribution in [1.29, 1.82) is 0 Å². The molecule has 0 aliphatic rings. The zero-order valence-electron chi connectivity index (χ0n) is 10.4. The number of nitrogens with one attached hydrogen (secondary N) is 1. The molecule has 1 heterocycles. The summed E-state index contributed by atoms with van der Waals surface area (Å²) in [4.78, 5) is 4.28. The lowest BCUT2D eigenvalue weighted by molar-refractivity contribution is 0.198. The highest BCUT2D eigenvalue weighted by Crippen LogP contribution is 2.15. The normalized spacial score (nSPS) is 11.2. The molecule has 0 aromatic carbocycles. The molecule has 0 saturated heterocycles. The number of ether oxygens (including phenoxy) is 1. The molecule has 1 rings (SSSR count). The van der Waals surface area contributed by atoms with Gasteiger partial charge in [0.25, 0.3) is 0 Å². The first-order chi connectivity index (χ1) is 7.83. The van der Waals surface area contributed by atoms with Crippen LogP contribution in [0.1, 0.15) is 38.6 Å². The molecule has 5 nitrogen and oxygen atoms in total. The zero-order valence-corrected chi connectivity index (χ0v) is 10.4. The fourth-order valence-corrected chi connectivity index (χ4v) is 1.71. The van der Waals surface area contributed by atoms with Crippen LogP contribution in [0, 0.1) is 0 Å². The van der Waals surface area contributed by atoms with Gasteiger partial charge in [-0.1, -0.05) is 13.8 Å². The van der Waals surface area contributed by atoms with Crippen molar-refractivity contribution in [2.24, 2.45) is 0 Å². The summed E-state index contributed by atoms with van der Waals surface area (Å²) in [5, 5.41) is 7.58. The number of hydrogen-bond acceptors (Lipinski definition) is 4. The van der Waals surface area contributed by atoms with Gasteiger partial charge in [-0.05, 0) is 12.8 Å². The predicted octanol–water partition coefficient (Wildman–Crippen LogP) is 1.38. The number of nitrogens with zero attached hydrogens (tertiary/aromatic N) is 3. The average molecular weight is 226 g/mol. The van der Waals surface area contributed by atoms with Crippen LogP contribution in [0.3, 0.4) is 0 Å². The lowest BCUT2D eigenvalue weighted by atomic mass is 10.2. The molecule has 1 aromatic rings. The Morgan fingerprint density at radius 3 is 2.81 bits per heavy atom. The summed E-state index contributed by atoms with van der Waals surface area (Å²) < 4.78 is 7.00. The minimum absolute atomic E-state index is 0.460. The molecule has 0 unspecified atom stereocenters. The average Bonchev–Trinajstić information content (AvgIpc) is 2.75. The molecule has 0 aliphatic heterocycles. The van der Waals surface area contributed by atoms with Crippen molar-refractivity contribution in [1.82, 2.24) is 20.1 Å². The van der Waals surface area contributed by atoms with Gasteiger partial charge < -0.3 is 10.1 Å². The first kappa shape index (κ1) is 13.1. The van der Waals surface area contributed by atoms with E-state index in [0.29, 0.717) is 6.04 Å². The molecule has 0 radical (unpaired) electrons. The molecule has 1 N–H and O–H groups in total. The van der Waals surface area contributed by atoms with Crippen molar-refractivity contribution < 1.29 is 4.74 Å². The molecule has 5 heteroatoms. The zero-order chi connectivity index (χ0) is 11.8. The summed E-state index contributed by atoms with van der Waals surface area (Å²) in [6, 6.07) is 0.460. The molecule has 0 aliphatic carbocycles. The monoisotopic (exact) mass is 226 g/mol. The quantitative estimate of drug-likeness (QED) is 0.680. The van der Waals surface area contributed by atoms with Crippen LogP contribution in [-0.4, -0.2) is 35.0 Å². The Morgan fingerprint density at radius 1 is 1.44 bits per heavy atom. The molecule has 0 atom stereocenters. The maximum absolute atomic E-state index is 4.98. The Labute approximate surface area is 97.2 Å². The second-order valence-electron chi connectivity index (χ2n) is 3.76. The summed E-state index contributed by atoms with van der Waals surface area (Å²) in [6.07, 6.45) is 3.81. The van der Waals surface area contributed by atoms with Gasteiger partial charge >= 0.3 is 0 Å². The Hall–Kier alpha value is -0.940. The van der Waals surface area contributed by atoms with E-state index in [1.54, 1.807) is 13.4 Å². The van der Waals surface area contributed by atoms with Crippen LogP contribution in [-0.2, 0) is 11.3 Å². The van der Waals surface area contributed by atoms with Crippen molar-refractivity contribution in [3.63, 3.8) is 0 Å². The SMILES string of the molecule is CCC(CC)n1ncnc1CNCCOC. The van der Waals surface area contributed by atoms with Crippen LogP contribution in [0.5, 0.6) is 0 Å². The number of methoxy groups -OCH3 is 1. The minimum Gasteiger partial charge on any atom is -0.383 e. The van der Waals surface area contributed by atoms with Crippen LogP contribution in [0.25, 0.3) is 0 Å². The van der Waals surface area contributed by atoms with Gasteiger partial charge in [-0.2, -0.15) is 5.10 Å². The van der Waals surface area contributed by atoms with Gasteiger partial charge in [0, 0.05) is 13.7 Å². The van der Waals surface area contributed by atoms with E-state index in [9.17, 15) is 0 Å². The second-order valence-corrected chi connectivity index (χ2v) is 3.76. The van der Waals surface area contributed by atoms with E-state index in [0.717, 1.165) is 38.4 Å². The minimum atomic E-state index is 0.460. The van der Waals surface area contributed by atoms with E-state index >= 15 is 0 Å². The van der Waals surface area contributed by atoms with Gasteiger partial charge in [0.1, 0.15) is 12.2 Å². The van der Waals surface area contributed by atoms with Crippen molar-refractivity contribution in [3.8, 4) is 0 Å². The molecule has 0 fully saturated rings. The number of aromatic nitrogens is 3. The van der Waals surface area contributed by atoms with Gasteiger partial charge in [0.15, 0.2) is 0 Å². The molecule has 0 bridgehead atoms. The van der Waals surface area contributed by atoms with Crippen molar-refractivity contribution >= 4 is 0 Å². The van der Waals surface area contributed by atoms with E-state index in [1.807, 2.05) is 4.68 Å². The van der Waals surface area contributed by atoms with Gasteiger partial charge in [-0.3, -0.25) is 0 Å². The van der Waals surface area contributed by atoms with Crippen LogP contribution in [0.4, 0.5) is 0 Å². The summed E-state index contributed by atoms with van der Waals surface area (Å²) in [5.74, 6) is 1.00. The summed E-state index contributed by atoms with van der Waals surface area (Å²) in [5.41, 5.74) is 0. The Morgan fingerprint density at radius 2 is 2.19 bits per heavy atom. The smallest absolute Gasteiger partial charge is 0.141 e. The van der Waals surface area contributed by atoms with Crippen molar-refractivity contribution in [2.45, 2.75) is 39.3 Å². The standard InChI is InChI=1S/C11H22N4O/c1-4-10(5-2)15-11(13-9-14-15)8-12-6-7-16-3/h9-10,12H,4-8H2,1-3H3. The highest BCUT2D eigenvalue weighted by molar-refractivity contribution is 4.86. The first-order valence-corrected chi connectivity index (χ1v) is 5.91. The third-order valence-corrected chi connectivity index (χ3v) is 2.70. The lowest BCUT2D eigenvalue weighted by Gasteiger charge is -2.15. The van der Waals surface area contributed by atoms with Gasteiger partial charge in [0.2, 0.25) is 0 Å². The molecule has 0 amide bonds. The third kappa shape index (κ3) is 3.57. The fraction of sp³-hybridized carbons (Fsp3) is 0.818. The summed E-state index contributed by atoms with van der Waals surface area (Å²) in [7, 11) is 1.70. The van der Waals surface area contributed by atoms with Gasteiger partial charge in [-0.15, -0.1) is 0 Å². The van der Waals surface area contributed by atoms with E-state index in [4.69, 9.17) is 4.74 Å². The molecule has 1 aromatic heterocycles. The third-order valence-electron chi connectivity index (χ3n) is 2.70. The Balaban J connectivity index is 2.49. The molecule has 0 spiro atoms. The fourth-order valence-electron chi connectivity index (χ4n) is 1.71. The topological polar surface area (TPSA) is 52.0 Å². The molecule has 16 heavy (non-hydrogen) atoms. The molecular weight excluding hydrogens is 204 g/mol. The molecule has 0 saturated carbocycles. The Bertz CT molecular complexity index is 283. The number of hydrogen-bond donors (Lipinski definition) is 1. The van der Waals surface area contributed by atoms with Crippen molar-refractivity contribution in [3.05, 3.63) is 12.2 Å². The Kier molecular flexibility index (Phi) is 6.03. The molecule has 92 valence electrons. The van der Waals surface area contributed by atoms with Crippen molar-refractivity contribution in [2.75, 3.05) is 20.3 Å². The molecular formula is C11H22N4O. The second kappa shape index (κ2) is 7.35. The highest BCUT2D eigenvalue weighted by Gasteiger charge is 2.11.